The summed E-state index contributed by atoms with van der Waals surface area (Å²) in [5.41, 5.74) is 0. The molecule has 2 saturated heterocycles. The molecule has 2 aliphatic rings. The molecule has 1 N–H and O–H groups in total. The van der Waals surface area contributed by atoms with Crippen molar-refractivity contribution in [1.29, 1.82) is 0 Å². The van der Waals surface area contributed by atoms with Crippen LogP contribution in [0.5, 0.6) is 0 Å². The summed E-state index contributed by atoms with van der Waals surface area (Å²) in [7, 11) is 0. The highest BCUT2D eigenvalue weighted by molar-refractivity contribution is 4.76. The average molecular weight is 254 g/mol. The van der Waals surface area contributed by atoms with E-state index < -0.39 is 0 Å². The van der Waals surface area contributed by atoms with Gasteiger partial charge in [-0.3, -0.25) is 0 Å². The van der Waals surface area contributed by atoms with Crippen molar-refractivity contribution < 1.29 is 4.74 Å². The zero-order valence-corrected chi connectivity index (χ0v) is 12.0. The van der Waals surface area contributed by atoms with Crippen LogP contribution in [0.4, 0.5) is 0 Å². The largest absolute Gasteiger partial charge is 0.378 e. The lowest BCUT2D eigenvalue weighted by atomic mass is 10.0. The predicted molar refractivity (Wildman–Crippen MR) is 76.0 cm³/mol. The molecule has 3 nitrogen and oxygen atoms in total. The van der Waals surface area contributed by atoms with Crippen molar-refractivity contribution in [3.63, 3.8) is 0 Å². The molecule has 106 valence electrons. The van der Waals surface area contributed by atoms with Gasteiger partial charge in [-0.25, -0.2) is 0 Å². The van der Waals surface area contributed by atoms with Crippen LogP contribution >= 0.6 is 0 Å². The smallest absolute Gasteiger partial charge is 0.0587 e. The molecule has 2 rings (SSSR count). The van der Waals surface area contributed by atoms with E-state index in [1.807, 2.05) is 0 Å². The minimum Gasteiger partial charge on any atom is -0.378 e. The van der Waals surface area contributed by atoms with Gasteiger partial charge in [-0.05, 0) is 64.7 Å². The van der Waals surface area contributed by atoms with E-state index in [2.05, 4.69) is 17.1 Å². The van der Waals surface area contributed by atoms with E-state index in [4.69, 9.17) is 4.74 Å². The first kappa shape index (κ1) is 14.3. The van der Waals surface area contributed by atoms with Crippen LogP contribution in [0.15, 0.2) is 0 Å². The fourth-order valence-electron chi connectivity index (χ4n) is 3.14. The number of hydrogen-bond acceptors (Lipinski definition) is 3. The standard InChI is InChI=1S/C15H30N2O/c1-2-15-13-14(7-12-18-15)16-8-6-11-17-9-4-3-5-10-17/h14-16H,2-13H2,1H3. The number of ether oxygens (including phenoxy) is 1. The Morgan fingerprint density at radius 3 is 2.83 bits per heavy atom. The van der Waals surface area contributed by atoms with Gasteiger partial charge >= 0.3 is 0 Å². The van der Waals surface area contributed by atoms with Crippen LogP contribution in [-0.2, 0) is 4.74 Å². The summed E-state index contributed by atoms with van der Waals surface area (Å²) in [5, 5.41) is 3.72. The highest BCUT2D eigenvalue weighted by atomic mass is 16.5. The van der Waals surface area contributed by atoms with Gasteiger partial charge in [0.1, 0.15) is 0 Å². The Balaban J connectivity index is 1.52. The lowest BCUT2D eigenvalue weighted by molar-refractivity contribution is -0.0000882. The summed E-state index contributed by atoms with van der Waals surface area (Å²) in [6.45, 7) is 8.29. The normalized spacial score (nSPS) is 30.5. The van der Waals surface area contributed by atoms with E-state index in [-0.39, 0.29) is 0 Å². The first-order chi connectivity index (χ1) is 8.88. The van der Waals surface area contributed by atoms with Crippen molar-refractivity contribution >= 4 is 0 Å². The van der Waals surface area contributed by atoms with E-state index in [0.717, 1.165) is 13.0 Å². The molecule has 2 aliphatic heterocycles. The second-order valence-electron chi connectivity index (χ2n) is 5.83. The molecule has 18 heavy (non-hydrogen) atoms. The SMILES string of the molecule is CCC1CC(NCCCN2CCCCC2)CCO1. The number of piperidine rings is 1. The number of hydrogen-bond donors (Lipinski definition) is 1. The minimum absolute atomic E-state index is 0.498. The zero-order chi connectivity index (χ0) is 12.6. The summed E-state index contributed by atoms with van der Waals surface area (Å²) < 4.78 is 5.71. The van der Waals surface area contributed by atoms with Gasteiger partial charge in [0.15, 0.2) is 0 Å². The van der Waals surface area contributed by atoms with Crippen molar-refractivity contribution in [2.24, 2.45) is 0 Å². The topological polar surface area (TPSA) is 24.5 Å². The van der Waals surface area contributed by atoms with Crippen LogP contribution in [0.1, 0.15) is 51.9 Å². The molecule has 0 saturated carbocycles. The first-order valence-electron chi connectivity index (χ1n) is 7.96. The van der Waals surface area contributed by atoms with Crippen LogP contribution in [0.2, 0.25) is 0 Å². The molecule has 0 bridgehead atoms. The molecule has 0 spiro atoms. The monoisotopic (exact) mass is 254 g/mol. The van der Waals surface area contributed by atoms with Gasteiger partial charge < -0.3 is 15.0 Å². The van der Waals surface area contributed by atoms with Crippen molar-refractivity contribution in [2.75, 3.05) is 32.8 Å². The Morgan fingerprint density at radius 2 is 2.06 bits per heavy atom. The quantitative estimate of drug-likeness (QED) is 0.737. The van der Waals surface area contributed by atoms with Crippen molar-refractivity contribution in [1.82, 2.24) is 10.2 Å². The molecule has 2 unspecified atom stereocenters. The number of nitrogens with one attached hydrogen (secondary N) is 1. The maximum absolute atomic E-state index is 5.71. The summed E-state index contributed by atoms with van der Waals surface area (Å²) in [6, 6.07) is 0.699. The first-order valence-corrected chi connectivity index (χ1v) is 7.96. The molecule has 2 atom stereocenters. The molecule has 0 aliphatic carbocycles. The average Bonchev–Trinajstić information content (AvgIpc) is 2.45. The summed E-state index contributed by atoms with van der Waals surface area (Å²) >= 11 is 0. The zero-order valence-electron chi connectivity index (χ0n) is 12.0. The van der Waals surface area contributed by atoms with Crippen molar-refractivity contribution in [3.05, 3.63) is 0 Å². The second kappa shape index (κ2) is 8.13. The van der Waals surface area contributed by atoms with Crippen molar-refractivity contribution in [2.45, 2.75) is 64.0 Å². The molecule has 3 heteroatoms. The van der Waals surface area contributed by atoms with Crippen LogP contribution in [-0.4, -0.2) is 49.8 Å². The Morgan fingerprint density at radius 1 is 1.22 bits per heavy atom. The number of nitrogens with zero attached hydrogens (tertiary/aromatic N) is 1. The van der Waals surface area contributed by atoms with Gasteiger partial charge in [-0.15, -0.1) is 0 Å². The molecule has 0 aromatic rings. The second-order valence-corrected chi connectivity index (χ2v) is 5.83. The predicted octanol–water partition coefficient (Wildman–Crippen LogP) is 2.41. The van der Waals surface area contributed by atoms with Crippen molar-refractivity contribution in [3.8, 4) is 0 Å². The van der Waals surface area contributed by atoms with Gasteiger partial charge in [0, 0.05) is 12.6 Å². The van der Waals surface area contributed by atoms with Gasteiger partial charge in [0.05, 0.1) is 6.10 Å². The number of likely N-dealkylation sites (tertiary alicyclic amines) is 1. The van der Waals surface area contributed by atoms with Gasteiger partial charge in [0.25, 0.3) is 0 Å². The van der Waals surface area contributed by atoms with Gasteiger partial charge in [-0.2, -0.15) is 0 Å². The highest BCUT2D eigenvalue weighted by Crippen LogP contribution is 2.16. The van der Waals surface area contributed by atoms with E-state index in [1.165, 1.54) is 64.7 Å². The van der Waals surface area contributed by atoms with Crippen LogP contribution in [0.3, 0.4) is 0 Å². The summed E-state index contributed by atoms with van der Waals surface area (Å²) in [4.78, 5) is 2.63. The molecule has 0 amide bonds. The maximum atomic E-state index is 5.71. The lowest BCUT2D eigenvalue weighted by Crippen LogP contribution is -2.40. The fourth-order valence-corrected chi connectivity index (χ4v) is 3.14. The van der Waals surface area contributed by atoms with Gasteiger partial charge in [-0.1, -0.05) is 13.3 Å². The molecular formula is C15H30N2O. The van der Waals surface area contributed by atoms with E-state index in [9.17, 15) is 0 Å². The maximum Gasteiger partial charge on any atom is 0.0587 e. The highest BCUT2D eigenvalue weighted by Gasteiger charge is 2.20. The summed E-state index contributed by atoms with van der Waals surface area (Å²) in [5.74, 6) is 0. The van der Waals surface area contributed by atoms with E-state index >= 15 is 0 Å². The Hall–Kier alpha value is -0.120. The third-order valence-corrected chi connectivity index (χ3v) is 4.36. The molecule has 2 fully saturated rings. The third-order valence-electron chi connectivity index (χ3n) is 4.36. The third kappa shape index (κ3) is 4.87. The van der Waals surface area contributed by atoms with Gasteiger partial charge in [0.2, 0.25) is 0 Å². The molecular weight excluding hydrogens is 224 g/mol. The molecule has 0 aromatic carbocycles. The summed E-state index contributed by atoms with van der Waals surface area (Å²) in [6.07, 6.45) is 9.62. The Kier molecular flexibility index (Phi) is 6.46. The minimum atomic E-state index is 0.498. The molecule has 2 heterocycles. The molecule has 0 radical (unpaired) electrons. The van der Waals surface area contributed by atoms with Crippen LogP contribution < -0.4 is 5.32 Å². The van der Waals surface area contributed by atoms with Crippen LogP contribution in [0.25, 0.3) is 0 Å². The van der Waals surface area contributed by atoms with Crippen LogP contribution in [0, 0.1) is 0 Å². The number of rotatable bonds is 6. The Labute approximate surface area is 112 Å². The molecule has 0 aromatic heterocycles. The lowest BCUT2D eigenvalue weighted by Gasteiger charge is -2.30. The van der Waals surface area contributed by atoms with E-state index in [0.29, 0.717) is 12.1 Å². The fraction of sp³-hybridized carbons (Fsp3) is 1.00. The van der Waals surface area contributed by atoms with E-state index in [1.54, 1.807) is 0 Å². The Bertz CT molecular complexity index is 217.